The topological polar surface area (TPSA) is 60.3 Å². The molecule has 1 N–H and O–H groups in total. The molecule has 0 aliphatic heterocycles. The van der Waals surface area contributed by atoms with Gasteiger partial charge in [-0.15, -0.1) is 0 Å². The number of nitrogens with zero attached hydrogens (tertiary/aromatic N) is 1. The zero-order valence-corrected chi connectivity index (χ0v) is 19.5. The number of carbonyl (C=O) groups is 2. The van der Waals surface area contributed by atoms with Gasteiger partial charge in [-0.25, -0.2) is 4.79 Å². The van der Waals surface area contributed by atoms with E-state index in [0.29, 0.717) is 24.3 Å². The SMILES string of the molecule is CCOC(=O)c1cc(-c2ccccc2)n(-c2cccc(C(=O)NCCc3ccccc3)c2)c1C. The molecule has 4 aromatic rings. The maximum absolute atomic E-state index is 12.9. The lowest BCUT2D eigenvalue weighted by atomic mass is 10.1. The third kappa shape index (κ3) is 5.09. The molecular weight excluding hydrogens is 424 g/mol. The molecule has 0 spiro atoms. The largest absolute Gasteiger partial charge is 0.462 e. The molecule has 0 radical (unpaired) electrons. The van der Waals surface area contributed by atoms with Crippen LogP contribution in [-0.2, 0) is 11.2 Å². The van der Waals surface area contributed by atoms with Crippen LogP contribution in [0.2, 0.25) is 0 Å². The predicted octanol–water partition coefficient (Wildman–Crippen LogP) is 5.60. The highest BCUT2D eigenvalue weighted by Gasteiger charge is 2.21. The molecule has 5 nitrogen and oxygen atoms in total. The van der Waals surface area contributed by atoms with Crippen LogP contribution in [0.25, 0.3) is 16.9 Å². The van der Waals surface area contributed by atoms with E-state index < -0.39 is 0 Å². The number of esters is 1. The van der Waals surface area contributed by atoms with E-state index in [9.17, 15) is 9.59 Å². The highest BCUT2D eigenvalue weighted by atomic mass is 16.5. The molecular formula is C29H28N2O3. The molecule has 0 saturated heterocycles. The zero-order chi connectivity index (χ0) is 23.9. The number of nitrogens with one attached hydrogen (secondary N) is 1. The van der Waals surface area contributed by atoms with Gasteiger partial charge in [0.25, 0.3) is 5.91 Å². The number of aromatic nitrogens is 1. The van der Waals surface area contributed by atoms with Crippen LogP contribution >= 0.6 is 0 Å². The fourth-order valence-corrected chi connectivity index (χ4v) is 4.03. The van der Waals surface area contributed by atoms with E-state index in [1.807, 2.05) is 96.4 Å². The Kier molecular flexibility index (Phi) is 7.23. The van der Waals surface area contributed by atoms with Gasteiger partial charge in [0.1, 0.15) is 0 Å². The molecule has 0 fully saturated rings. The molecule has 0 unspecified atom stereocenters. The first-order chi connectivity index (χ1) is 16.6. The van der Waals surface area contributed by atoms with Crippen LogP contribution in [0.4, 0.5) is 0 Å². The summed E-state index contributed by atoms with van der Waals surface area (Å²) in [6, 6.07) is 29.3. The first-order valence-corrected chi connectivity index (χ1v) is 11.5. The van der Waals surface area contributed by atoms with Gasteiger partial charge in [0, 0.05) is 23.5 Å². The minimum absolute atomic E-state index is 0.130. The molecule has 4 rings (SSSR count). The van der Waals surface area contributed by atoms with Gasteiger partial charge >= 0.3 is 5.97 Å². The first kappa shape index (κ1) is 23.1. The van der Waals surface area contributed by atoms with Crippen molar-refractivity contribution in [2.45, 2.75) is 20.3 Å². The number of amides is 1. The normalized spacial score (nSPS) is 10.6. The zero-order valence-electron chi connectivity index (χ0n) is 19.5. The van der Waals surface area contributed by atoms with Crippen LogP contribution < -0.4 is 5.32 Å². The summed E-state index contributed by atoms with van der Waals surface area (Å²) < 4.78 is 7.28. The lowest BCUT2D eigenvalue weighted by Crippen LogP contribution is -2.25. The molecule has 0 bridgehead atoms. The van der Waals surface area contributed by atoms with Gasteiger partial charge in [-0.05, 0) is 55.7 Å². The molecule has 0 aliphatic rings. The number of benzene rings is 3. The molecule has 0 saturated carbocycles. The smallest absolute Gasteiger partial charge is 0.339 e. The van der Waals surface area contributed by atoms with Crippen LogP contribution in [-0.4, -0.2) is 29.6 Å². The summed E-state index contributed by atoms with van der Waals surface area (Å²) in [5.74, 6) is -0.486. The average molecular weight is 453 g/mol. The lowest BCUT2D eigenvalue weighted by Gasteiger charge is -2.14. The Morgan fingerprint density at radius 1 is 0.882 bits per heavy atom. The highest BCUT2D eigenvalue weighted by molar-refractivity contribution is 5.95. The van der Waals surface area contributed by atoms with Crippen molar-refractivity contribution >= 4 is 11.9 Å². The second-order valence-electron chi connectivity index (χ2n) is 7.99. The summed E-state index contributed by atoms with van der Waals surface area (Å²) in [7, 11) is 0. The first-order valence-electron chi connectivity index (χ1n) is 11.5. The fourth-order valence-electron chi connectivity index (χ4n) is 4.03. The van der Waals surface area contributed by atoms with Crippen LogP contribution in [0.5, 0.6) is 0 Å². The van der Waals surface area contributed by atoms with Gasteiger partial charge in [0.2, 0.25) is 0 Å². The second-order valence-corrected chi connectivity index (χ2v) is 7.99. The van der Waals surface area contributed by atoms with E-state index in [-0.39, 0.29) is 11.9 Å². The molecule has 34 heavy (non-hydrogen) atoms. The Labute approximate surface area is 200 Å². The van der Waals surface area contributed by atoms with Crippen molar-refractivity contribution < 1.29 is 14.3 Å². The van der Waals surface area contributed by atoms with Crippen molar-refractivity contribution in [1.82, 2.24) is 9.88 Å². The molecule has 1 aromatic heterocycles. The van der Waals surface area contributed by atoms with E-state index in [2.05, 4.69) is 5.32 Å². The Balaban J connectivity index is 1.64. The average Bonchev–Trinajstić information content (AvgIpc) is 3.22. The van der Waals surface area contributed by atoms with E-state index in [1.165, 1.54) is 5.56 Å². The van der Waals surface area contributed by atoms with Gasteiger partial charge in [-0.3, -0.25) is 4.79 Å². The Hall–Kier alpha value is -4.12. The predicted molar refractivity (Wildman–Crippen MR) is 134 cm³/mol. The van der Waals surface area contributed by atoms with Gasteiger partial charge in [0.15, 0.2) is 0 Å². The second kappa shape index (κ2) is 10.7. The van der Waals surface area contributed by atoms with Crippen LogP contribution in [0.15, 0.2) is 91.0 Å². The third-order valence-electron chi connectivity index (χ3n) is 5.72. The summed E-state index contributed by atoms with van der Waals surface area (Å²) in [5, 5.41) is 3.00. The van der Waals surface area contributed by atoms with Crippen LogP contribution in [0.3, 0.4) is 0 Å². The molecule has 1 heterocycles. The van der Waals surface area contributed by atoms with Crippen molar-refractivity contribution in [2.24, 2.45) is 0 Å². The molecule has 172 valence electrons. The third-order valence-corrected chi connectivity index (χ3v) is 5.72. The fraction of sp³-hybridized carbons (Fsp3) is 0.172. The maximum atomic E-state index is 12.9. The number of ether oxygens (including phenoxy) is 1. The molecule has 0 aliphatic carbocycles. The number of hydrogen-bond donors (Lipinski definition) is 1. The Morgan fingerprint density at radius 3 is 2.29 bits per heavy atom. The summed E-state index contributed by atoms with van der Waals surface area (Å²) in [5.41, 5.74) is 5.66. The molecule has 3 aromatic carbocycles. The van der Waals surface area contributed by atoms with E-state index in [1.54, 1.807) is 13.0 Å². The van der Waals surface area contributed by atoms with Crippen molar-refractivity contribution in [3.8, 4) is 16.9 Å². The summed E-state index contributed by atoms with van der Waals surface area (Å²) >= 11 is 0. The number of hydrogen-bond acceptors (Lipinski definition) is 3. The van der Waals surface area contributed by atoms with Crippen molar-refractivity contribution in [3.05, 3.63) is 113 Å². The lowest BCUT2D eigenvalue weighted by molar-refractivity contribution is 0.0525. The minimum atomic E-state index is -0.356. The van der Waals surface area contributed by atoms with Gasteiger partial charge in [-0.2, -0.15) is 0 Å². The highest BCUT2D eigenvalue weighted by Crippen LogP contribution is 2.30. The summed E-state index contributed by atoms with van der Waals surface area (Å²) in [6.07, 6.45) is 0.768. The van der Waals surface area contributed by atoms with Crippen LogP contribution in [0.1, 0.15) is 38.9 Å². The molecule has 1 amide bonds. The van der Waals surface area contributed by atoms with Crippen LogP contribution in [0, 0.1) is 6.92 Å². The number of carbonyl (C=O) groups excluding carboxylic acids is 2. The minimum Gasteiger partial charge on any atom is -0.462 e. The maximum Gasteiger partial charge on any atom is 0.339 e. The quantitative estimate of drug-likeness (QED) is 0.354. The Morgan fingerprint density at radius 2 is 1.59 bits per heavy atom. The van der Waals surface area contributed by atoms with Gasteiger partial charge < -0.3 is 14.6 Å². The standard InChI is InChI=1S/C29H28N2O3/c1-3-34-29(33)26-20-27(23-13-8-5-9-14-23)31(21(26)2)25-16-10-15-24(19-25)28(32)30-18-17-22-11-6-4-7-12-22/h4-16,19-20H,3,17-18H2,1-2H3,(H,30,32). The van der Waals surface area contributed by atoms with E-state index >= 15 is 0 Å². The number of rotatable bonds is 8. The van der Waals surface area contributed by atoms with E-state index in [0.717, 1.165) is 29.1 Å². The molecule has 0 atom stereocenters. The summed E-state index contributed by atoms with van der Waals surface area (Å²) in [4.78, 5) is 25.5. The van der Waals surface area contributed by atoms with Gasteiger partial charge in [0.05, 0.1) is 17.9 Å². The Bertz CT molecular complexity index is 1280. The summed E-state index contributed by atoms with van der Waals surface area (Å²) in [6.45, 7) is 4.55. The van der Waals surface area contributed by atoms with E-state index in [4.69, 9.17) is 4.74 Å². The molecule has 5 heteroatoms. The van der Waals surface area contributed by atoms with Crippen molar-refractivity contribution in [1.29, 1.82) is 0 Å². The van der Waals surface area contributed by atoms with Gasteiger partial charge in [-0.1, -0.05) is 66.7 Å². The van der Waals surface area contributed by atoms with Crippen molar-refractivity contribution in [3.63, 3.8) is 0 Å². The van der Waals surface area contributed by atoms with Crippen molar-refractivity contribution in [2.75, 3.05) is 13.2 Å². The monoisotopic (exact) mass is 452 g/mol.